The number of H-pyrrole nitrogens is 1. The Hall–Kier alpha value is -4.86. The summed E-state index contributed by atoms with van der Waals surface area (Å²) in [7, 11) is 0. The van der Waals surface area contributed by atoms with Crippen molar-refractivity contribution < 1.29 is 4.79 Å². The molecule has 0 radical (unpaired) electrons. The van der Waals surface area contributed by atoms with E-state index < -0.39 is 0 Å². The zero-order valence-electron chi connectivity index (χ0n) is 23.2. The van der Waals surface area contributed by atoms with Crippen LogP contribution in [0.5, 0.6) is 0 Å². The number of nitrogens with zero attached hydrogens (tertiary/aromatic N) is 7. The molecule has 5 aromatic rings. The lowest BCUT2D eigenvalue weighted by Gasteiger charge is -2.35. The minimum Gasteiger partial charge on any atom is -0.368 e. The number of fused-ring (bicyclic) bond motifs is 1. The average Bonchev–Trinajstić information content (AvgIpc) is 3.55. The predicted molar refractivity (Wildman–Crippen MR) is 159 cm³/mol. The van der Waals surface area contributed by atoms with Crippen LogP contribution in [0.25, 0.3) is 33.4 Å². The lowest BCUT2D eigenvalue weighted by molar-refractivity contribution is -0.129. The number of rotatable bonds is 7. The molecule has 1 aliphatic rings. The maximum absolute atomic E-state index is 13.9. The number of hydrogen-bond donors (Lipinski definition) is 1. The number of hydrogen-bond acceptors (Lipinski definition) is 7. The molecule has 1 N–H and O–H groups in total. The van der Waals surface area contributed by atoms with Crippen LogP contribution in [0.15, 0.2) is 71.5 Å². The standard InChI is InChI=1S/C31H32N8O2/c1-3-6-29-32-28-14-13-24(38-17-15-37(16-18-38)21(2)40)19-27(28)31(41)39(29)20-22-9-11-23(12-10-22)25-7-4-5-8-26(25)30-33-35-36-34-30/h4-5,7-14,19H,3,6,15-18,20H2,1-2H3,(H,33,34,35,36). The zero-order valence-corrected chi connectivity index (χ0v) is 23.2. The third-order valence-electron chi connectivity index (χ3n) is 7.70. The van der Waals surface area contributed by atoms with Gasteiger partial charge >= 0.3 is 0 Å². The minimum absolute atomic E-state index is 0.0331. The van der Waals surface area contributed by atoms with Crippen molar-refractivity contribution in [3.63, 3.8) is 0 Å². The lowest BCUT2D eigenvalue weighted by atomic mass is 9.98. The van der Waals surface area contributed by atoms with E-state index in [2.05, 4.69) is 56.7 Å². The molecule has 3 aromatic carbocycles. The number of anilines is 1. The van der Waals surface area contributed by atoms with Crippen LogP contribution in [0.4, 0.5) is 5.69 Å². The number of aryl methyl sites for hydroxylation is 1. The molecule has 0 saturated carbocycles. The third-order valence-corrected chi connectivity index (χ3v) is 7.70. The molecule has 1 fully saturated rings. The van der Waals surface area contributed by atoms with Gasteiger partial charge < -0.3 is 9.80 Å². The van der Waals surface area contributed by atoms with Crippen molar-refractivity contribution in [1.82, 2.24) is 35.1 Å². The van der Waals surface area contributed by atoms with Crippen LogP contribution in [0, 0.1) is 0 Å². The first-order chi connectivity index (χ1) is 20.0. The summed E-state index contributed by atoms with van der Waals surface area (Å²) in [6.07, 6.45) is 1.61. The number of aromatic amines is 1. The SMILES string of the molecule is CCCc1nc2ccc(N3CCN(C(C)=O)CC3)cc2c(=O)n1Cc1ccc(-c2ccccc2-c2nn[nH]n2)cc1. The number of amides is 1. The molecule has 1 aliphatic heterocycles. The zero-order chi connectivity index (χ0) is 28.3. The van der Waals surface area contributed by atoms with Gasteiger partial charge in [-0.15, -0.1) is 10.2 Å². The van der Waals surface area contributed by atoms with Crippen LogP contribution in [0.3, 0.4) is 0 Å². The third kappa shape index (κ3) is 5.32. The van der Waals surface area contributed by atoms with E-state index >= 15 is 0 Å². The van der Waals surface area contributed by atoms with E-state index in [0.29, 0.717) is 36.4 Å². The number of carbonyl (C=O) groups excluding carboxylic acids is 1. The average molecular weight is 549 g/mol. The predicted octanol–water partition coefficient (Wildman–Crippen LogP) is 3.91. The number of carbonyl (C=O) groups is 1. The highest BCUT2D eigenvalue weighted by atomic mass is 16.2. The van der Waals surface area contributed by atoms with Crippen molar-refractivity contribution in [2.24, 2.45) is 0 Å². The number of piperazine rings is 1. The van der Waals surface area contributed by atoms with E-state index in [0.717, 1.165) is 59.7 Å². The highest BCUT2D eigenvalue weighted by Crippen LogP contribution is 2.30. The summed E-state index contributed by atoms with van der Waals surface area (Å²) >= 11 is 0. The van der Waals surface area contributed by atoms with Crippen LogP contribution in [-0.2, 0) is 17.8 Å². The second kappa shape index (κ2) is 11.3. The van der Waals surface area contributed by atoms with Gasteiger partial charge in [0.1, 0.15) is 5.82 Å². The summed E-state index contributed by atoms with van der Waals surface area (Å²) < 4.78 is 1.81. The molecule has 41 heavy (non-hydrogen) atoms. The molecule has 0 aliphatic carbocycles. The van der Waals surface area contributed by atoms with Crippen LogP contribution < -0.4 is 10.5 Å². The Morgan fingerprint density at radius 1 is 0.951 bits per heavy atom. The molecule has 0 spiro atoms. The van der Waals surface area contributed by atoms with Gasteiger partial charge in [0, 0.05) is 50.8 Å². The summed E-state index contributed by atoms with van der Waals surface area (Å²) in [5, 5.41) is 15.1. The summed E-state index contributed by atoms with van der Waals surface area (Å²) in [4.78, 5) is 34.6. The number of nitrogens with one attached hydrogen (secondary N) is 1. The first-order valence-electron chi connectivity index (χ1n) is 14.0. The maximum Gasteiger partial charge on any atom is 0.261 e. The second-order valence-corrected chi connectivity index (χ2v) is 10.3. The molecule has 0 unspecified atom stereocenters. The largest absolute Gasteiger partial charge is 0.368 e. The first-order valence-corrected chi connectivity index (χ1v) is 14.0. The molecular formula is C31H32N8O2. The van der Waals surface area contributed by atoms with Gasteiger partial charge in [-0.25, -0.2) is 4.98 Å². The maximum atomic E-state index is 13.9. The highest BCUT2D eigenvalue weighted by molar-refractivity contribution is 5.82. The number of aromatic nitrogens is 6. The van der Waals surface area contributed by atoms with E-state index in [1.54, 1.807) is 6.92 Å². The van der Waals surface area contributed by atoms with Crippen LogP contribution in [0.2, 0.25) is 0 Å². The quantitative estimate of drug-likeness (QED) is 0.328. The minimum atomic E-state index is -0.0331. The highest BCUT2D eigenvalue weighted by Gasteiger charge is 2.20. The van der Waals surface area contributed by atoms with Gasteiger partial charge in [0.25, 0.3) is 5.56 Å². The topological polar surface area (TPSA) is 113 Å². The van der Waals surface area contributed by atoms with Gasteiger partial charge in [-0.05, 0) is 46.5 Å². The summed E-state index contributed by atoms with van der Waals surface area (Å²) in [6.45, 7) is 6.98. The summed E-state index contributed by atoms with van der Waals surface area (Å²) in [5.41, 5.74) is 5.62. The molecule has 1 saturated heterocycles. The Morgan fingerprint density at radius 2 is 1.71 bits per heavy atom. The Bertz CT molecular complexity index is 1740. The molecular weight excluding hydrogens is 516 g/mol. The fourth-order valence-corrected chi connectivity index (χ4v) is 5.49. The first kappa shape index (κ1) is 26.4. The fourth-order valence-electron chi connectivity index (χ4n) is 5.49. The fraction of sp³-hybridized carbons (Fsp3) is 0.290. The van der Waals surface area contributed by atoms with Crippen molar-refractivity contribution in [3.05, 3.63) is 88.5 Å². The van der Waals surface area contributed by atoms with E-state index in [4.69, 9.17) is 4.98 Å². The van der Waals surface area contributed by atoms with Crippen LogP contribution >= 0.6 is 0 Å². The Balaban J connectivity index is 1.30. The van der Waals surface area contributed by atoms with Crippen molar-refractivity contribution >= 4 is 22.5 Å². The molecule has 6 rings (SSSR count). The van der Waals surface area contributed by atoms with Crippen molar-refractivity contribution in [1.29, 1.82) is 0 Å². The second-order valence-electron chi connectivity index (χ2n) is 10.3. The van der Waals surface area contributed by atoms with Crippen molar-refractivity contribution in [2.45, 2.75) is 33.2 Å². The smallest absolute Gasteiger partial charge is 0.261 e. The van der Waals surface area contributed by atoms with Gasteiger partial charge in [0.2, 0.25) is 11.7 Å². The molecule has 208 valence electrons. The normalized spacial score (nSPS) is 13.6. The molecule has 2 aromatic heterocycles. The monoisotopic (exact) mass is 548 g/mol. The van der Waals surface area contributed by atoms with Crippen LogP contribution in [-0.4, -0.2) is 67.2 Å². The van der Waals surface area contributed by atoms with E-state index in [1.165, 1.54) is 0 Å². The van der Waals surface area contributed by atoms with Crippen LogP contribution in [0.1, 0.15) is 31.7 Å². The molecule has 1 amide bonds. The molecule has 10 nitrogen and oxygen atoms in total. The van der Waals surface area contributed by atoms with Gasteiger partial charge in [0.05, 0.1) is 17.4 Å². The van der Waals surface area contributed by atoms with Gasteiger partial charge in [0.15, 0.2) is 0 Å². The van der Waals surface area contributed by atoms with E-state index in [1.807, 2.05) is 51.9 Å². The molecule has 0 bridgehead atoms. The van der Waals surface area contributed by atoms with Gasteiger partial charge in [-0.3, -0.25) is 14.2 Å². The molecule has 3 heterocycles. The number of tetrazole rings is 1. The van der Waals surface area contributed by atoms with E-state index in [9.17, 15) is 9.59 Å². The Kier molecular flexibility index (Phi) is 7.28. The van der Waals surface area contributed by atoms with Crippen molar-refractivity contribution in [3.8, 4) is 22.5 Å². The summed E-state index contributed by atoms with van der Waals surface area (Å²) in [5.74, 6) is 1.44. The Morgan fingerprint density at radius 3 is 2.39 bits per heavy atom. The number of benzene rings is 3. The van der Waals surface area contributed by atoms with Gasteiger partial charge in [-0.1, -0.05) is 55.5 Å². The summed E-state index contributed by atoms with van der Waals surface area (Å²) in [6, 6.07) is 22.1. The van der Waals surface area contributed by atoms with Crippen molar-refractivity contribution in [2.75, 3.05) is 31.1 Å². The Labute approximate surface area is 237 Å². The lowest BCUT2D eigenvalue weighted by Crippen LogP contribution is -2.48. The molecule has 10 heteroatoms. The van der Waals surface area contributed by atoms with E-state index in [-0.39, 0.29) is 11.5 Å². The van der Waals surface area contributed by atoms with Gasteiger partial charge in [-0.2, -0.15) is 5.21 Å². The molecule has 0 atom stereocenters.